The van der Waals surface area contributed by atoms with Crippen molar-refractivity contribution in [3.8, 4) is 5.75 Å². The number of ether oxygens (including phenoxy) is 1. The Balaban J connectivity index is 2.56. The number of methoxy groups -OCH3 is 1. The van der Waals surface area contributed by atoms with Gasteiger partial charge in [-0.25, -0.2) is 5.43 Å². The van der Waals surface area contributed by atoms with E-state index in [1.54, 1.807) is 18.0 Å². The van der Waals surface area contributed by atoms with Gasteiger partial charge in [-0.1, -0.05) is 28.1 Å². The second kappa shape index (κ2) is 5.73. The highest BCUT2D eigenvalue weighted by Crippen LogP contribution is 2.32. The van der Waals surface area contributed by atoms with Crippen LogP contribution in [0, 0.1) is 6.92 Å². The van der Waals surface area contributed by atoms with Crippen molar-refractivity contribution >= 4 is 15.9 Å². The number of nitrogens with zero attached hydrogens (tertiary/aromatic N) is 2. The Kier molecular flexibility index (Phi) is 4.24. The van der Waals surface area contributed by atoms with Crippen LogP contribution in [0.2, 0.25) is 0 Å². The van der Waals surface area contributed by atoms with Gasteiger partial charge in [0, 0.05) is 11.5 Å². The normalized spacial score (nSPS) is 12.5. The molecule has 1 heterocycles. The van der Waals surface area contributed by atoms with Crippen molar-refractivity contribution in [1.29, 1.82) is 0 Å². The van der Waals surface area contributed by atoms with Gasteiger partial charge in [-0.2, -0.15) is 5.10 Å². The molecule has 1 unspecified atom stereocenters. The average molecular weight is 325 g/mol. The number of aromatic nitrogens is 2. The van der Waals surface area contributed by atoms with Crippen molar-refractivity contribution in [1.82, 2.24) is 15.2 Å². The Bertz CT molecular complexity index is 582. The van der Waals surface area contributed by atoms with E-state index < -0.39 is 0 Å². The lowest BCUT2D eigenvalue weighted by Gasteiger charge is -2.20. The standard InChI is InChI=1S/C13H17BrN4O/c1-8-9(5-4-6-10(8)14)12(17-15)13-11(19-3)7-16-18(13)2/h4-7,12,17H,15H2,1-3H3. The van der Waals surface area contributed by atoms with Crippen LogP contribution in [0.25, 0.3) is 0 Å². The van der Waals surface area contributed by atoms with Crippen LogP contribution in [-0.2, 0) is 7.05 Å². The molecule has 1 aromatic carbocycles. The zero-order valence-electron chi connectivity index (χ0n) is 11.1. The lowest BCUT2D eigenvalue weighted by Crippen LogP contribution is -2.31. The largest absolute Gasteiger partial charge is 0.493 e. The highest BCUT2D eigenvalue weighted by molar-refractivity contribution is 9.10. The number of rotatable bonds is 4. The van der Waals surface area contributed by atoms with E-state index in [2.05, 4.69) is 26.5 Å². The molecule has 0 saturated heterocycles. The van der Waals surface area contributed by atoms with Crippen molar-refractivity contribution in [3.05, 3.63) is 45.7 Å². The molecular formula is C13H17BrN4O. The van der Waals surface area contributed by atoms with Crippen molar-refractivity contribution in [2.24, 2.45) is 12.9 Å². The van der Waals surface area contributed by atoms with E-state index in [0.29, 0.717) is 5.75 Å². The lowest BCUT2D eigenvalue weighted by molar-refractivity contribution is 0.401. The first-order valence-corrected chi connectivity index (χ1v) is 6.66. The van der Waals surface area contributed by atoms with Gasteiger partial charge in [0.1, 0.15) is 5.69 Å². The summed E-state index contributed by atoms with van der Waals surface area (Å²) in [4.78, 5) is 0. The van der Waals surface area contributed by atoms with Gasteiger partial charge in [0.15, 0.2) is 5.75 Å². The van der Waals surface area contributed by atoms with Crippen molar-refractivity contribution < 1.29 is 4.74 Å². The molecular weight excluding hydrogens is 308 g/mol. The minimum Gasteiger partial charge on any atom is -0.493 e. The van der Waals surface area contributed by atoms with Gasteiger partial charge in [-0.05, 0) is 24.1 Å². The molecule has 0 fully saturated rings. The second-order valence-electron chi connectivity index (χ2n) is 4.28. The number of hydrogen-bond donors (Lipinski definition) is 2. The highest BCUT2D eigenvalue weighted by atomic mass is 79.9. The SMILES string of the molecule is COc1cnn(C)c1C(NN)c1cccc(Br)c1C. The number of nitrogens with two attached hydrogens (primary N) is 1. The molecule has 0 amide bonds. The third-order valence-corrected chi connectivity index (χ3v) is 4.09. The molecule has 0 saturated carbocycles. The summed E-state index contributed by atoms with van der Waals surface area (Å²) >= 11 is 3.54. The van der Waals surface area contributed by atoms with E-state index in [1.165, 1.54) is 0 Å². The molecule has 1 atom stereocenters. The quantitative estimate of drug-likeness (QED) is 0.667. The van der Waals surface area contributed by atoms with Crippen molar-refractivity contribution in [3.63, 3.8) is 0 Å². The smallest absolute Gasteiger partial charge is 0.161 e. The predicted molar refractivity (Wildman–Crippen MR) is 77.8 cm³/mol. The molecule has 0 aliphatic rings. The van der Waals surface area contributed by atoms with Crippen LogP contribution in [0.3, 0.4) is 0 Å². The minimum atomic E-state index is -0.181. The Labute approximate surface area is 120 Å². The van der Waals surface area contributed by atoms with Crippen molar-refractivity contribution in [2.75, 3.05) is 7.11 Å². The first-order valence-electron chi connectivity index (χ1n) is 5.87. The van der Waals surface area contributed by atoms with Gasteiger partial charge >= 0.3 is 0 Å². The Morgan fingerprint density at radius 1 is 1.47 bits per heavy atom. The number of halogens is 1. The number of hydrazine groups is 1. The molecule has 102 valence electrons. The van der Waals surface area contributed by atoms with Crippen LogP contribution >= 0.6 is 15.9 Å². The monoisotopic (exact) mass is 324 g/mol. The summed E-state index contributed by atoms with van der Waals surface area (Å²) in [6.45, 7) is 2.05. The lowest BCUT2D eigenvalue weighted by atomic mass is 9.99. The van der Waals surface area contributed by atoms with Crippen LogP contribution in [0.15, 0.2) is 28.9 Å². The van der Waals surface area contributed by atoms with Crippen LogP contribution in [0.5, 0.6) is 5.75 Å². The second-order valence-corrected chi connectivity index (χ2v) is 5.13. The maximum absolute atomic E-state index is 5.75. The Hall–Kier alpha value is -1.37. The van der Waals surface area contributed by atoms with E-state index in [0.717, 1.165) is 21.3 Å². The zero-order valence-corrected chi connectivity index (χ0v) is 12.7. The van der Waals surface area contributed by atoms with Crippen LogP contribution < -0.4 is 16.0 Å². The summed E-state index contributed by atoms with van der Waals surface area (Å²) in [6.07, 6.45) is 1.69. The molecule has 5 nitrogen and oxygen atoms in total. The summed E-state index contributed by atoms with van der Waals surface area (Å²) < 4.78 is 8.17. The molecule has 19 heavy (non-hydrogen) atoms. The summed E-state index contributed by atoms with van der Waals surface area (Å²) in [5, 5.41) is 4.22. The van der Waals surface area contributed by atoms with E-state index in [9.17, 15) is 0 Å². The molecule has 0 radical (unpaired) electrons. The van der Waals surface area contributed by atoms with E-state index >= 15 is 0 Å². The Morgan fingerprint density at radius 3 is 2.84 bits per heavy atom. The molecule has 2 aromatic rings. The first kappa shape index (κ1) is 14.0. The molecule has 0 spiro atoms. The van der Waals surface area contributed by atoms with Crippen LogP contribution in [0.4, 0.5) is 0 Å². The topological polar surface area (TPSA) is 65.1 Å². The number of nitrogens with one attached hydrogen (secondary N) is 1. The van der Waals surface area contributed by atoms with Gasteiger partial charge in [-0.15, -0.1) is 0 Å². The summed E-state index contributed by atoms with van der Waals surface area (Å²) in [5.41, 5.74) is 5.95. The highest BCUT2D eigenvalue weighted by Gasteiger charge is 2.23. The predicted octanol–water partition coefficient (Wildman–Crippen LogP) is 2.05. The fourth-order valence-corrected chi connectivity index (χ4v) is 2.55. The van der Waals surface area contributed by atoms with Crippen LogP contribution in [-0.4, -0.2) is 16.9 Å². The van der Waals surface area contributed by atoms with Gasteiger partial charge in [0.25, 0.3) is 0 Å². The molecule has 1 aromatic heterocycles. The molecule has 2 rings (SSSR count). The third-order valence-electron chi connectivity index (χ3n) is 3.23. The van der Waals surface area contributed by atoms with Gasteiger partial charge in [-0.3, -0.25) is 10.5 Å². The number of benzene rings is 1. The maximum Gasteiger partial charge on any atom is 0.161 e. The fourth-order valence-electron chi connectivity index (χ4n) is 2.17. The number of aryl methyl sites for hydroxylation is 1. The van der Waals surface area contributed by atoms with Gasteiger partial charge in [0.2, 0.25) is 0 Å². The van der Waals surface area contributed by atoms with Crippen molar-refractivity contribution in [2.45, 2.75) is 13.0 Å². The minimum absolute atomic E-state index is 0.181. The fraction of sp³-hybridized carbons (Fsp3) is 0.308. The first-order chi connectivity index (χ1) is 9.10. The zero-order chi connectivity index (χ0) is 14.0. The van der Waals surface area contributed by atoms with E-state index in [4.69, 9.17) is 10.6 Å². The average Bonchev–Trinajstić information content (AvgIpc) is 2.77. The number of hydrogen-bond acceptors (Lipinski definition) is 4. The maximum atomic E-state index is 5.75. The summed E-state index contributed by atoms with van der Waals surface area (Å²) in [7, 11) is 3.50. The van der Waals surface area contributed by atoms with E-state index in [-0.39, 0.29) is 6.04 Å². The molecule has 0 aliphatic carbocycles. The van der Waals surface area contributed by atoms with Gasteiger partial charge < -0.3 is 4.74 Å². The van der Waals surface area contributed by atoms with Crippen LogP contribution in [0.1, 0.15) is 22.9 Å². The third kappa shape index (κ3) is 2.51. The molecule has 6 heteroatoms. The molecule has 0 aliphatic heterocycles. The van der Waals surface area contributed by atoms with Gasteiger partial charge in [0.05, 0.1) is 19.3 Å². The molecule has 0 bridgehead atoms. The summed E-state index contributed by atoms with van der Waals surface area (Å²) in [5.74, 6) is 6.46. The molecule has 3 N–H and O–H groups in total. The Morgan fingerprint density at radius 2 is 2.21 bits per heavy atom. The van der Waals surface area contributed by atoms with E-state index in [1.807, 2.05) is 32.2 Å². The summed E-state index contributed by atoms with van der Waals surface area (Å²) in [6, 6.07) is 5.85.